The largest absolute Gasteiger partial charge is 0.380 e. The maximum atomic E-state index is 9.43. The third kappa shape index (κ3) is 7.84. The van der Waals surface area contributed by atoms with Crippen LogP contribution in [0.2, 0.25) is 19.6 Å². The Morgan fingerprint density at radius 1 is 1.25 bits per heavy atom. The van der Waals surface area contributed by atoms with Gasteiger partial charge in [0.2, 0.25) is 0 Å². The summed E-state index contributed by atoms with van der Waals surface area (Å²) in [6, 6.07) is 0. The van der Waals surface area contributed by atoms with Gasteiger partial charge in [0.15, 0.2) is 0 Å². The summed E-state index contributed by atoms with van der Waals surface area (Å²) in [4.78, 5) is 0. The van der Waals surface area contributed by atoms with E-state index in [2.05, 4.69) is 45.0 Å². The van der Waals surface area contributed by atoms with Gasteiger partial charge in [0.05, 0.1) is 0 Å². The Morgan fingerprint density at radius 3 is 2.08 bits per heavy atom. The maximum Gasteiger partial charge on any atom is 0.129 e. The summed E-state index contributed by atoms with van der Waals surface area (Å²) in [7, 11) is -1.29. The summed E-state index contributed by atoms with van der Waals surface area (Å²) >= 11 is 0. The second-order valence-electron chi connectivity index (χ2n) is 4.66. The van der Waals surface area contributed by atoms with Crippen LogP contribution in [0.15, 0.2) is 0 Å². The zero-order chi connectivity index (χ0) is 9.78. The van der Waals surface area contributed by atoms with Gasteiger partial charge in [-0.05, 0) is 12.3 Å². The Kier molecular flexibility index (Phi) is 4.58. The monoisotopic (exact) mass is 184 g/mol. The highest BCUT2D eigenvalue weighted by Gasteiger charge is 2.09. The second-order valence-corrected chi connectivity index (χ2v) is 9.41. The fourth-order valence-electron chi connectivity index (χ4n) is 0.805. The molecular weight excluding hydrogens is 164 g/mol. The number of hydrogen-bond acceptors (Lipinski definition) is 1. The topological polar surface area (TPSA) is 20.2 Å². The van der Waals surface area contributed by atoms with Gasteiger partial charge in [-0.2, -0.15) is 0 Å². The molecule has 0 aromatic carbocycles. The molecule has 1 N–H and O–H groups in total. The van der Waals surface area contributed by atoms with Gasteiger partial charge >= 0.3 is 0 Å². The number of aliphatic hydroxyl groups excluding tert-OH is 1. The molecule has 0 fully saturated rings. The van der Waals surface area contributed by atoms with Crippen molar-refractivity contribution in [2.45, 2.75) is 46.0 Å². The molecule has 12 heavy (non-hydrogen) atoms. The van der Waals surface area contributed by atoms with Crippen molar-refractivity contribution < 1.29 is 5.11 Å². The molecule has 0 spiro atoms. The van der Waals surface area contributed by atoms with Crippen LogP contribution in [0.3, 0.4) is 0 Å². The van der Waals surface area contributed by atoms with Gasteiger partial charge in [-0.15, -0.1) is 5.54 Å². The van der Waals surface area contributed by atoms with Crippen LogP contribution < -0.4 is 0 Å². The minimum Gasteiger partial charge on any atom is -0.380 e. The van der Waals surface area contributed by atoms with E-state index in [1.807, 2.05) is 0 Å². The number of aliphatic hydroxyl groups is 1. The fourth-order valence-corrected chi connectivity index (χ4v) is 1.40. The molecule has 0 saturated heterocycles. The third-order valence-corrected chi connectivity index (χ3v) is 2.20. The van der Waals surface area contributed by atoms with Gasteiger partial charge in [-0.25, -0.2) is 0 Å². The Balaban J connectivity index is 3.96. The van der Waals surface area contributed by atoms with Crippen molar-refractivity contribution in [3.63, 3.8) is 0 Å². The van der Waals surface area contributed by atoms with E-state index in [0.29, 0.717) is 5.92 Å². The van der Waals surface area contributed by atoms with Crippen LogP contribution in [0.1, 0.15) is 20.3 Å². The van der Waals surface area contributed by atoms with Crippen molar-refractivity contribution in [1.29, 1.82) is 0 Å². The van der Waals surface area contributed by atoms with Crippen LogP contribution in [0, 0.1) is 17.4 Å². The Labute approximate surface area is 77.2 Å². The molecule has 0 radical (unpaired) electrons. The summed E-state index contributed by atoms with van der Waals surface area (Å²) < 4.78 is 0. The average molecular weight is 184 g/mol. The molecule has 1 atom stereocenters. The molecule has 0 heterocycles. The van der Waals surface area contributed by atoms with Crippen molar-refractivity contribution >= 4 is 8.07 Å². The SMILES string of the molecule is CC(C)CC(O)C#C[Si](C)(C)C. The van der Waals surface area contributed by atoms with E-state index >= 15 is 0 Å². The van der Waals surface area contributed by atoms with Crippen LogP contribution in [0.25, 0.3) is 0 Å². The lowest BCUT2D eigenvalue weighted by molar-refractivity contribution is 0.204. The predicted molar refractivity (Wildman–Crippen MR) is 56.6 cm³/mol. The summed E-state index contributed by atoms with van der Waals surface area (Å²) in [6.45, 7) is 10.7. The van der Waals surface area contributed by atoms with Gasteiger partial charge in [0.25, 0.3) is 0 Å². The predicted octanol–water partition coefficient (Wildman–Crippen LogP) is 2.27. The van der Waals surface area contributed by atoms with Crippen molar-refractivity contribution in [3.8, 4) is 11.5 Å². The summed E-state index contributed by atoms with van der Waals surface area (Å²) in [6.07, 6.45) is 0.369. The first-order valence-corrected chi connectivity index (χ1v) is 8.02. The zero-order valence-corrected chi connectivity index (χ0v) is 9.81. The highest BCUT2D eigenvalue weighted by Crippen LogP contribution is 2.04. The van der Waals surface area contributed by atoms with Gasteiger partial charge in [-0.3, -0.25) is 0 Å². The van der Waals surface area contributed by atoms with E-state index in [-0.39, 0.29) is 0 Å². The van der Waals surface area contributed by atoms with E-state index in [9.17, 15) is 5.11 Å². The molecule has 70 valence electrons. The van der Waals surface area contributed by atoms with Crippen molar-refractivity contribution in [2.24, 2.45) is 5.92 Å². The lowest BCUT2D eigenvalue weighted by atomic mass is 10.1. The zero-order valence-electron chi connectivity index (χ0n) is 8.81. The summed E-state index contributed by atoms with van der Waals surface area (Å²) in [5, 5.41) is 9.43. The molecule has 0 aliphatic heterocycles. The van der Waals surface area contributed by atoms with E-state index in [1.165, 1.54) is 0 Å². The van der Waals surface area contributed by atoms with Gasteiger partial charge < -0.3 is 5.11 Å². The molecule has 0 amide bonds. The van der Waals surface area contributed by atoms with Crippen LogP contribution in [-0.4, -0.2) is 19.3 Å². The molecule has 0 aromatic rings. The molecule has 1 unspecified atom stereocenters. The van der Waals surface area contributed by atoms with Gasteiger partial charge in [-0.1, -0.05) is 39.4 Å². The standard InChI is InChI=1S/C10H20OSi/c1-9(2)8-10(11)6-7-12(3,4)5/h9-11H,8H2,1-5H3. The molecule has 0 aromatic heterocycles. The third-order valence-electron chi connectivity index (χ3n) is 1.31. The minimum absolute atomic E-state index is 0.420. The molecule has 0 aliphatic rings. The minimum atomic E-state index is -1.29. The normalized spacial score (nSPS) is 13.9. The maximum absolute atomic E-state index is 9.43. The molecule has 0 rings (SSSR count). The highest BCUT2D eigenvalue weighted by molar-refractivity contribution is 6.83. The van der Waals surface area contributed by atoms with E-state index in [4.69, 9.17) is 0 Å². The first-order valence-electron chi connectivity index (χ1n) is 4.52. The van der Waals surface area contributed by atoms with Crippen LogP contribution in [-0.2, 0) is 0 Å². The number of rotatable bonds is 2. The van der Waals surface area contributed by atoms with Crippen molar-refractivity contribution in [3.05, 3.63) is 0 Å². The smallest absolute Gasteiger partial charge is 0.129 e. The fraction of sp³-hybridized carbons (Fsp3) is 0.800. The van der Waals surface area contributed by atoms with E-state index in [1.54, 1.807) is 0 Å². The quantitative estimate of drug-likeness (QED) is 0.515. The Hall–Kier alpha value is -0.263. The van der Waals surface area contributed by atoms with Crippen LogP contribution in [0.5, 0.6) is 0 Å². The molecule has 0 bridgehead atoms. The molecule has 2 heteroatoms. The first-order chi connectivity index (χ1) is 5.31. The van der Waals surface area contributed by atoms with Crippen molar-refractivity contribution in [1.82, 2.24) is 0 Å². The van der Waals surface area contributed by atoms with E-state index in [0.717, 1.165) is 6.42 Å². The molecule has 0 saturated carbocycles. The molecular formula is C10H20OSi. The summed E-state index contributed by atoms with van der Waals surface area (Å²) in [5.41, 5.74) is 3.17. The van der Waals surface area contributed by atoms with Crippen molar-refractivity contribution in [2.75, 3.05) is 0 Å². The Bertz CT molecular complexity index is 180. The summed E-state index contributed by atoms with van der Waals surface area (Å²) in [5.74, 6) is 3.45. The first kappa shape index (κ1) is 11.7. The van der Waals surface area contributed by atoms with Crippen LogP contribution >= 0.6 is 0 Å². The molecule has 1 nitrogen and oxygen atoms in total. The molecule has 0 aliphatic carbocycles. The average Bonchev–Trinajstić information content (AvgIpc) is 1.80. The van der Waals surface area contributed by atoms with Gasteiger partial charge in [0, 0.05) is 0 Å². The van der Waals surface area contributed by atoms with E-state index < -0.39 is 14.2 Å². The lowest BCUT2D eigenvalue weighted by Crippen LogP contribution is -2.18. The lowest BCUT2D eigenvalue weighted by Gasteiger charge is -2.08. The number of hydrogen-bond donors (Lipinski definition) is 1. The highest BCUT2D eigenvalue weighted by atomic mass is 28.3. The Morgan fingerprint density at radius 2 is 1.75 bits per heavy atom. The second kappa shape index (κ2) is 4.69. The van der Waals surface area contributed by atoms with Crippen LogP contribution in [0.4, 0.5) is 0 Å². The van der Waals surface area contributed by atoms with Gasteiger partial charge in [0.1, 0.15) is 14.2 Å².